The SMILES string of the molecule is O=C(Nc1ccc(CC(=O)N2CCCCC2)cc1)c1ccc(F)c(F)c1. The lowest BCUT2D eigenvalue weighted by molar-refractivity contribution is -0.131. The quantitative estimate of drug-likeness (QED) is 0.904. The first-order chi connectivity index (χ1) is 12.5. The van der Waals surface area contributed by atoms with Crippen molar-refractivity contribution < 1.29 is 18.4 Å². The molecule has 0 radical (unpaired) electrons. The van der Waals surface area contributed by atoms with Crippen LogP contribution in [0.5, 0.6) is 0 Å². The second kappa shape index (κ2) is 8.08. The number of amides is 2. The minimum atomic E-state index is -1.07. The molecule has 1 fully saturated rings. The average Bonchev–Trinajstić information content (AvgIpc) is 2.66. The van der Waals surface area contributed by atoms with Gasteiger partial charge in [-0.2, -0.15) is 0 Å². The summed E-state index contributed by atoms with van der Waals surface area (Å²) < 4.78 is 26.1. The summed E-state index contributed by atoms with van der Waals surface area (Å²) in [7, 11) is 0. The summed E-state index contributed by atoms with van der Waals surface area (Å²) in [5.41, 5.74) is 1.42. The molecule has 26 heavy (non-hydrogen) atoms. The van der Waals surface area contributed by atoms with Gasteiger partial charge in [0.25, 0.3) is 5.91 Å². The number of hydrogen-bond acceptors (Lipinski definition) is 2. The number of rotatable bonds is 4. The Kier molecular flexibility index (Phi) is 5.61. The van der Waals surface area contributed by atoms with Gasteiger partial charge in [0.2, 0.25) is 5.91 Å². The highest BCUT2D eigenvalue weighted by atomic mass is 19.2. The Balaban J connectivity index is 1.59. The van der Waals surface area contributed by atoms with Crippen molar-refractivity contribution in [1.29, 1.82) is 0 Å². The molecule has 1 saturated heterocycles. The van der Waals surface area contributed by atoms with E-state index in [0.717, 1.165) is 43.6 Å². The number of hydrogen-bond donors (Lipinski definition) is 1. The summed E-state index contributed by atoms with van der Waals surface area (Å²) in [6.07, 6.45) is 3.62. The molecule has 1 N–H and O–H groups in total. The number of benzene rings is 2. The number of anilines is 1. The van der Waals surface area contributed by atoms with E-state index in [1.807, 2.05) is 4.90 Å². The van der Waals surface area contributed by atoms with Crippen LogP contribution in [-0.2, 0) is 11.2 Å². The number of piperidine rings is 1. The van der Waals surface area contributed by atoms with Crippen molar-refractivity contribution >= 4 is 17.5 Å². The molecule has 2 amide bonds. The lowest BCUT2D eigenvalue weighted by Crippen LogP contribution is -2.36. The Bertz CT molecular complexity index is 800. The molecule has 0 aliphatic carbocycles. The molecule has 3 rings (SSSR count). The van der Waals surface area contributed by atoms with E-state index in [1.54, 1.807) is 24.3 Å². The second-order valence-electron chi connectivity index (χ2n) is 6.40. The standard InChI is InChI=1S/C20H20F2N2O2/c21-17-9-6-15(13-18(17)22)20(26)23-16-7-4-14(5-8-16)12-19(25)24-10-2-1-3-11-24/h4-9,13H,1-3,10-12H2,(H,23,26). The van der Waals surface area contributed by atoms with Crippen molar-refractivity contribution in [2.45, 2.75) is 25.7 Å². The zero-order valence-electron chi connectivity index (χ0n) is 14.3. The maximum absolute atomic E-state index is 13.2. The Morgan fingerprint density at radius 1 is 0.923 bits per heavy atom. The predicted octanol–water partition coefficient (Wildman–Crippen LogP) is 3.77. The monoisotopic (exact) mass is 358 g/mol. The van der Waals surface area contributed by atoms with E-state index < -0.39 is 17.5 Å². The number of carbonyl (C=O) groups excluding carboxylic acids is 2. The zero-order chi connectivity index (χ0) is 18.5. The highest BCUT2D eigenvalue weighted by Crippen LogP contribution is 2.15. The molecular weight excluding hydrogens is 338 g/mol. The van der Waals surface area contributed by atoms with E-state index in [0.29, 0.717) is 12.1 Å². The maximum Gasteiger partial charge on any atom is 0.255 e. The van der Waals surface area contributed by atoms with Gasteiger partial charge in [0.05, 0.1) is 6.42 Å². The van der Waals surface area contributed by atoms with E-state index in [4.69, 9.17) is 0 Å². The molecule has 1 heterocycles. The van der Waals surface area contributed by atoms with Crippen molar-refractivity contribution in [3.63, 3.8) is 0 Å². The van der Waals surface area contributed by atoms with Crippen LogP contribution < -0.4 is 5.32 Å². The first-order valence-electron chi connectivity index (χ1n) is 8.66. The van der Waals surface area contributed by atoms with Crippen molar-refractivity contribution in [3.05, 3.63) is 65.2 Å². The Morgan fingerprint density at radius 3 is 2.27 bits per heavy atom. The first kappa shape index (κ1) is 18.0. The fraction of sp³-hybridized carbons (Fsp3) is 0.300. The third-order valence-corrected chi connectivity index (χ3v) is 4.46. The number of likely N-dealkylation sites (tertiary alicyclic amines) is 1. The predicted molar refractivity (Wildman–Crippen MR) is 94.9 cm³/mol. The minimum absolute atomic E-state index is 0.0354. The molecule has 6 heteroatoms. The van der Waals surface area contributed by atoms with Crippen LogP contribution >= 0.6 is 0 Å². The van der Waals surface area contributed by atoms with Crippen LogP contribution in [-0.4, -0.2) is 29.8 Å². The molecule has 136 valence electrons. The summed E-state index contributed by atoms with van der Waals surface area (Å²) in [5.74, 6) is -2.47. The fourth-order valence-corrected chi connectivity index (χ4v) is 2.98. The number of nitrogens with one attached hydrogen (secondary N) is 1. The van der Waals surface area contributed by atoms with Gasteiger partial charge in [-0.15, -0.1) is 0 Å². The molecule has 0 saturated carbocycles. The Labute approximate surface area is 150 Å². The van der Waals surface area contributed by atoms with Gasteiger partial charge < -0.3 is 10.2 Å². The van der Waals surface area contributed by atoms with Crippen molar-refractivity contribution in [3.8, 4) is 0 Å². The molecule has 0 bridgehead atoms. The van der Waals surface area contributed by atoms with E-state index in [2.05, 4.69) is 5.32 Å². The Hall–Kier alpha value is -2.76. The average molecular weight is 358 g/mol. The van der Waals surface area contributed by atoms with Gasteiger partial charge in [-0.3, -0.25) is 9.59 Å². The maximum atomic E-state index is 13.2. The van der Waals surface area contributed by atoms with E-state index >= 15 is 0 Å². The van der Waals surface area contributed by atoms with Gasteiger partial charge in [-0.1, -0.05) is 12.1 Å². The lowest BCUT2D eigenvalue weighted by atomic mass is 10.1. The first-order valence-corrected chi connectivity index (χ1v) is 8.66. The van der Waals surface area contributed by atoms with Crippen molar-refractivity contribution in [1.82, 2.24) is 4.90 Å². The smallest absolute Gasteiger partial charge is 0.255 e. The zero-order valence-corrected chi connectivity index (χ0v) is 14.3. The van der Waals surface area contributed by atoms with Crippen LogP contribution in [0.15, 0.2) is 42.5 Å². The molecule has 4 nitrogen and oxygen atoms in total. The highest BCUT2D eigenvalue weighted by Gasteiger charge is 2.16. The molecular formula is C20H20F2N2O2. The summed E-state index contributed by atoms with van der Waals surface area (Å²) in [6.45, 7) is 1.64. The summed E-state index contributed by atoms with van der Waals surface area (Å²) in [4.78, 5) is 26.2. The van der Waals surface area contributed by atoms with Crippen LogP contribution in [0.2, 0.25) is 0 Å². The lowest BCUT2D eigenvalue weighted by Gasteiger charge is -2.26. The van der Waals surface area contributed by atoms with Crippen LogP contribution in [0.25, 0.3) is 0 Å². The van der Waals surface area contributed by atoms with Crippen molar-refractivity contribution in [2.75, 3.05) is 18.4 Å². The van der Waals surface area contributed by atoms with Gasteiger partial charge in [0.1, 0.15) is 0 Å². The third kappa shape index (κ3) is 4.45. The summed E-state index contributed by atoms with van der Waals surface area (Å²) >= 11 is 0. The molecule has 0 aromatic heterocycles. The molecule has 2 aromatic carbocycles. The van der Waals surface area contributed by atoms with Gasteiger partial charge >= 0.3 is 0 Å². The topological polar surface area (TPSA) is 49.4 Å². The number of halogens is 2. The van der Waals surface area contributed by atoms with Crippen LogP contribution in [0.4, 0.5) is 14.5 Å². The molecule has 1 aliphatic heterocycles. The Morgan fingerprint density at radius 2 is 1.62 bits per heavy atom. The number of carbonyl (C=O) groups is 2. The van der Waals surface area contributed by atoms with Gasteiger partial charge in [0.15, 0.2) is 11.6 Å². The van der Waals surface area contributed by atoms with Crippen molar-refractivity contribution in [2.24, 2.45) is 0 Å². The fourth-order valence-electron chi connectivity index (χ4n) is 2.98. The van der Waals surface area contributed by atoms with Crippen LogP contribution in [0, 0.1) is 11.6 Å². The highest BCUT2D eigenvalue weighted by molar-refractivity contribution is 6.04. The largest absolute Gasteiger partial charge is 0.342 e. The normalized spacial score (nSPS) is 14.2. The second-order valence-corrected chi connectivity index (χ2v) is 6.40. The van der Waals surface area contributed by atoms with E-state index in [-0.39, 0.29) is 11.5 Å². The third-order valence-electron chi connectivity index (χ3n) is 4.46. The molecule has 0 spiro atoms. The van der Waals surface area contributed by atoms with Crippen LogP contribution in [0.1, 0.15) is 35.2 Å². The molecule has 1 aliphatic rings. The van der Waals surface area contributed by atoms with Gasteiger partial charge in [-0.25, -0.2) is 8.78 Å². The van der Waals surface area contributed by atoms with E-state index in [9.17, 15) is 18.4 Å². The van der Waals surface area contributed by atoms with Crippen LogP contribution in [0.3, 0.4) is 0 Å². The van der Waals surface area contributed by atoms with Gasteiger partial charge in [-0.05, 0) is 55.2 Å². The molecule has 0 unspecified atom stereocenters. The molecule has 2 aromatic rings. The van der Waals surface area contributed by atoms with E-state index in [1.165, 1.54) is 12.5 Å². The van der Waals surface area contributed by atoms with Gasteiger partial charge in [0, 0.05) is 24.3 Å². The molecule has 0 atom stereocenters. The summed E-state index contributed by atoms with van der Waals surface area (Å²) in [6, 6.07) is 9.94. The minimum Gasteiger partial charge on any atom is -0.342 e. The number of nitrogens with zero attached hydrogens (tertiary/aromatic N) is 1. The summed E-state index contributed by atoms with van der Waals surface area (Å²) in [5, 5.41) is 2.63.